The van der Waals surface area contributed by atoms with Gasteiger partial charge in [0, 0.05) is 61.1 Å². The monoisotopic (exact) mass is 454 g/mol. The number of aromatic nitrogens is 2. The summed E-state index contributed by atoms with van der Waals surface area (Å²) >= 11 is 0. The molecule has 2 heterocycles. The molecule has 0 amide bonds. The van der Waals surface area contributed by atoms with Gasteiger partial charge in [-0.05, 0) is 49.2 Å². The third-order valence-electron chi connectivity index (χ3n) is 5.95. The maximum Gasteiger partial charge on any atom is 0.416 e. The van der Waals surface area contributed by atoms with Crippen LogP contribution in [-0.2, 0) is 19.8 Å². The van der Waals surface area contributed by atoms with Gasteiger partial charge in [-0.25, -0.2) is 0 Å². The first-order valence-corrected chi connectivity index (χ1v) is 11.3. The second kappa shape index (κ2) is 9.83. The second-order valence-electron chi connectivity index (χ2n) is 8.43. The Morgan fingerprint density at radius 2 is 1.85 bits per heavy atom. The number of benzene rings is 2. The standard InChI is InChI=1S/C26H29F3N4/c1-3-14-33(18-19-17-32(2)25-8-5-4-7-21(19)25)15-6-12-30-23-11-13-31-24-16-20(26(27,28)29)9-10-22(23)24/h4-5,7-11,13,16-17H,3,6,12,14-15,18H2,1-2H3,(H,30,31). The van der Waals surface area contributed by atoms with Crippen LogP contribution in [0.3, 0.4) is 0 Å². The molecule has 4 rings (SSSR count). The van der Waals surface area contributed by atoms with Crippen molar-refractivity contribution in [2.45, 2.75) is 32.5 Å². The predicted octanol–water partition coefficient (Wildman–Crippen LogP) is 6.46. The van der Waals surface area contributed by atoms with E-state index >= 15 is 0 Å². The van der Waals surface area contributed by atoms with Gasteiger partial charge in [0.1, 0.15) is 0 Å². The van der Waals surface area contributed by atoms with E-state index in [1.807, 2.05) is 6.07 Å². The molecule has 0 aliphatic heterocycles. The van der Waals surface area contributed by atoms with Gasteiger partial charge in [-0.3, -0.25) is 9.88 Å². The summed E-state index contributed by atoms with van der Waals surface area (Å²) in [5.74, 6) is 0. The molecule has 0 fully saturated rings. The van der Waals surface area contributed by atoms with Crippen LogP contribution < -0.4 is 5.32 Å². The van der Waals surface area contributed by atoms with E-state index in [1.165, 1.54) is 22.5 Å². The minimum Gasteiger partial charge on any atom is -0.384 e. The van der Waals surface area contributed by atoms with Crippen LogP contribution in [0.1, 0.15) is 30.9 Å². The lowest BCUT2D eigenvalue weighted by atomic mass is 10.1. The van der Waals surface area contributed by atoms with Gasteiger partial charge >= 0.3 is 6.18 Å². The number of hydrogen-bond donors (Lipinski definition) is 1. The molecule has 0 aliphatic rings. The predicted molar refractivity (Wildman–Crippen MR) is 128 cm³/mol. The number of hydrogen-bond acceptors (Lipinski definition) is 3. The van der Waals surface area contributed by atoms with Crippen molar-refractivity contribution in [2.24, 2.45) is 7.05 Å². The highest BCUT2D eigenvalue weighted by Crippen LogP contribution is 2.32. The Balaban J connectivity index is 1.39. The normalized spacial score (nSPS) is 12.2. The van der Waals surface area contributed by atoms with Gasteiger partial charge in [0.15, 0.2) is 0 Å². The van der Waals surface area contributed by atoms with Crippen molar-refractivity contribution < 1.29 is 13.2 Å². The number of para-hydroxylation sites is 1. The van der Waals surface area contributed by atoms with Crippen LogP contribution in [0.4, 0.5) is 18.9 Å². The minimum absolute atomic E-state index is 0.346. The first kappa shape index (κ1) is 23.1. The highest BCUT2D eigenvalue weighted by molar-refractivity contribution is 5.91. The lowest BCUT2D eigenvalue weighted by Gasteiger charge is -2.22. The molecule has 0 saturated carbocycles. The van der Waals surface area contributed by atoms with Crippen LogP contribution in [0.25, 0.3) is 21.8 Å². The Kier molecular flexibility index (Phi) is 6.88. The maximum atomic E-state index is 13.0. The second-order valence-corrected chi connectivity index (χ2v) is 8.43. The van der Waals surface area contributed by atoms with E-state index in [2.05, 4.69) is 64.2 Å². The van der Waals surface area contributed by atoms with E-state index < -0.39 is 11.7 Å². The van der Waals surface area contributed by atoms with E-state index in [0.29, 0.717) is 10.9 Å². The van der Waals surface area contributed by atoms with Crippen LogP contribution in [-0.4, -0.2) is 34.1 Å². The van der Waals surface area contributed by atoms with Crippen LogP contribution in [0.5, 0.6) is 0 Å². The quantitative estimate of drug-likeness (QED) is 0.295. The number of nitrogens with one attached hydrogen (secondary N) is 1. The van der Waals surface area contributed by atoms with Gasteiger partial charge in [0.05, 0.1) is 11.1 Å². The Labute approximate surface area is 192 Å². The largest absolute Gasteiger partial charge is 0.416 e. The van der Waals surface area contributed by atoms with Crippen LogP contribution in [0, 0.1) is 0 Å². The summed E-state index contributed by atoms with van der Waals surface area (Å²) in [7, 11) is 2.08. The fourth-order valence-electron chi connectivity index (χ4n) is 4.38. The van der Waals surface area contributed by atoms with Gasteiger partial charge in [0.2, 0.25) is 0 Å². The average molecular weight is 455 g/mol. The van der Waals surface area contributed by atoms with Crippen LogP contribution >= 0.6 is 0 Å². The Morgan fingerprint density at radius 3 is 2.64 bits per heavy atom. The van der Waals surface area contributed by atoms with E-state index in [1.54, 1.807) is 6.20 Å². The van der Waals surface area contributed by atoms with E-state index in [9.17, 15) is 13.2 Å². The van der Waals surface area contributed by atoms with Crippen molar-refractivity contribution in [2.75, 3.05) is 25.0 Å². The molecule has 0 aliphatic carbocycles. The average Bonchev–Trinajstić information content (AvgIpc) is 3.11. The lowest BCUT2D eigenvalue weighted by molar-refractivity contribution is -0.137. The molecule has 0 spiro atoms. The van der Waals surface area contributed by atoms with Crippen molar-refractivity contribution in [3.8, 4) is 0 Å². The third-order valence-corrected chi connectivity index (χ3v) is 5.95. The first-order chi connectivity index (χ1) is 15.9. The minimum atomic E-state index is -4.37. The summed E-state index contributed by atoms with van der Waals surface area (Å²) in [5, 5.41) is 5.38. The smallest absolute Gasteiger partial charge is 0.384 e. The van der Waals surface area contributed by atoms with Crippen molar-refractivity contribution in [3.63, 3.8) is 0 Å². The molecule has 0 atom stereocenters. The van der Waals surface area contributed by atoms with Crippen molar-refractivity contribution >= 4 is 27.5 Å². The van der Waals surface area contributed by atoms with Crippen molar-refractivity contribution in [3.05, 3.63) is 72.1 Å². The molecule has 0 saturated heterocycles. The van der Waals surface area contributed by atoms with E-state index in [4.69, 9.17) is 0 Å². The summed E-state index contributed by atoms with van der Waals surface area (Å²) in [6, 6.07) is 14.0. The van der Waals surface area contributed by atoms with E-state index in [0.717, 1.165) is 56.8 Å². The molecule has 2 aromatic heterocycles. The molecule has 33 heavy (non-hydrogen) atoms. The number of anilines is 1. The maximum absolute atomic E-state index is 13.0. The Bertz CT molecular complexity index is 1230. The molecule has 1 N–H and O–H groups in total. The fourth-order valence-corrected chi connectivity index (χ4v) is 4.38. The zero-order valence-electron chi connectivity index (χ0n) is 19.0. The SMILES string of the molecule is CCCN(CCCNc1ccnc2cc(C(F)(F)F)ccc12)Cc1cn(C)c2ccccc12. The molecule has 0 unspecified atom stereocenters. The molecular formula is C26H29F3N4. The number of nitrogens with zero attached hydrogens (tertiary/aromatic N) is 3. The van der Waals surface area contributed by atoms with Crippen LogP contribution in [0.2, 0.25) is 0 Å². The summed E-state index contributed by atoms with van der Waals surface area (Å²) in [6.45, 7) is 5.77. The molecule has 0 bridgehead atoms. The highest BCUT2D eigenvalue weighted by Gasteiger charge is 2.30. The zero-order valence-corrected chi connectivity index (χ0v) is 19.0. The van der Waals surface area contributed by atoms with E-state index in [-0.39, 0.29) is 0 Å². The van der Waals surface area contributed by atoms with Gasteiger partial charge in [-0.2, -0.15) is 13.2 Å². The first-order valence-electron chi connectivity index (χ1n) is 11.3. The fraction of sp³-hybridized carbons (Fsp3) is 0.346. The highest BCUT2D eigenvalue weighted by atomic mass is 19.4. The van der Waals surface area contributed by atoms with Gasteiger partial charge in [0.25, 0.3) is 0 Å². The molecule has 4 nitrogen and oxygen atoms in total. The number of alkyl halides is 3. The molecular weight excluding hydrogens is 425 g/mol. The summed E-state index contributed by atoms with van der Waals surface area (Å²) in [5.41, 5.74) is 3.05. The third kappa shape index (κ3) is 5.30. The van der Waals surface area contributed by atoms with Crippen molar-refractivity contribution in [1.29, 1.82) is 0 Å². The van der Waals surface area contributed by atoms with Crippen molar-refractivity contribution in [1.82, 2.24) is 14.5 Å². The molecule has 2 aromatic carbocycles. The van der Waals surface area contributed by atoms with Gasteiger partial charge < -0.3 is 9.88 Å². The molecule has 4 aromatic rings. The summed E-state index contributed by atoms with van der Waals surface area (Å²) < 4.78 is 41.2. The van der Waals surface area contributed by atoms with Crippen LogP contribution in [0.15, 0.2) is 60.9 Å². The summed E-state index contributed by atoms with van der Waals surface area (Å²) in [4.78, 5) is 6.58. The molecule has 174 valence electrons. The number of fused-ring (bicyclic) bond motifs is 2. The molecule has 7 heteroatoms. The lowest BCUT2D eigenvalue weighted by Crippen LogP contribution is -2.26. The Morgan fingerprint density at radius 1 is 1.03 bits per heavy atom. The summed E-state index contributed by atoms with van der Waals surface area (Å²) in [6.07, 6.45) is 1.40. The number of halogens is 3. The number of pyridine rings is 1. The molecule has 0 radical (unpaired) electrons. The number of rotatable bonds is 9. The Hall–Kier alpha value is -3.06. The van der Waals surface area contributed by atoms with Gasteiger partial charge in [-0.15, -0.1) is 0 Å². The zero-order chi connectivity index (χ0) is 23.4. The van der Waals surface area contributed by atoms with Gasteiger partial charge in [-0.1, -0.05) is 31.2 Å². The topological polar surface area (TPSA) is 33.1 Å². The number of aryl methyl sites for hydroxylation is 1.